The Morgan fingerprint density at radius 2 is 2.44 bits per heavy atom. The predicted molar refractivity (Wildman–Crippen MR) is 39.9 cm³/mol. The molecule has 3 heteroatoms. The molecule has 0 saturated carbocycles. The third kappa shape index (κ3) is 1.10. The third-order valence-electron chi connectivity index (χ3n) is 1.02. The Hall–Kier alpha value is -0.830. The molecule has 0 aromatic carbocycles. The Balaban J connectivity index is 3.72. The molecule has 0 spiro atoms. The Morgan fingerprint density at radius 1 is 1.78 bits per heavy atom. The molecule has 48 valence electrons. The molecule has 0 bridgehead atoms. The van der Waals surface area contributed by atoms with Crippen molar-refractivity contribution < 1.29 is 0 Å². The summed E-state index contributed by atoms with van der Waals surface area (Å²) in [5.74, 6) is 0. The van der Waals surface area contributed by atoms with E-state index >= 15 is 0 Å². The molecule has 0 saturated heterocycles. The Morgan fingerprint density at radius 3 is 2.67 bits per heavy atom. The van der Waals surface area contributed by atoms with Crippen LogP contribution < -0.4 is 14.8 Å². The molecule has 0 amide bonds. The van der Waals surface area contributed by atoms with Crippen molar-refractivity contribution in [3.05, 3.63) is 19.5 Å². The molecule has 9 heavy (non-hydrogen) atoms. The van der Waals surface area contributed by atoms with Gasteiger partial charge in [-0.05, 0) is 6.92 Å². The summed E-state index contributed by atoms with van der Waals surface area (Å²) in [5.41, 5.74) is 0. The molecule has 2 nitrogen and oxygen atoms in total. The zero-order valence-electron chi connectivity index (χ0n) is 5.10. The topological polar surface area (TPSA) is 32.9 Å². The average molecular weight is 141 g/mol. The van der Waals surface area contributed by atoms with Gasteiger partial charge in [0.1, 0.15) is 0 Å². The van der Waals surface area contributed by atoms with E-state index in [1.807, 2.05) is 13.0 Å². The summed E-state index contributed by atoms with van der Waals surface area (Å²) in [4.78, 5) is 13.1. The molecule has 0 aliphatic rings. The van der Waals surface area contributed by atoms with E-state index in [1.165, 1.54) is 11.3 Å². The first-order valence-electron chi connectivity index (χ1n) is 2.58. The molecule has 1 aromatic heterocycles. The summed E-state index contributed by atoms with van der Waals surface area (Å²) < 4.78 is 0.931. The Labute approximate surface area is 56.2 Å². The second-order valence-electron chi connectivity index (χ2n) is 1.65. The first-order valence-corrected chi connectivity index (χ1v) is 3.40. The van der Waals surface area contributed by atoms with Crippen molar-refractivity contribution in [2.24, 2.45) is 0 Å². The summed E-state index contributed by atoms with van der Waals surface area (Å²) >= 11 is 1.19. The molecule has 0 atom stereocenters. The first-order chi connectivity index (χ1) is 4.24. The van der Waals surface area contributed by atoms with Crippen molar-refractivity contribution in [3.63, 3.8) is 0 Å². The minimum absolute atomic E-state index is 0.0342. The standard InChI is InChI=1S/C6H7NOS/c1-3-5-4(2)7-6(8)9-5/h3H,2H2,1H3,(H,7,8)/b5-3-. The molecule has 1 N–H and O–H groups in total. The lowest BCUT2D eigenvalue weighted by Gasteiger charge is -1.65. The molecule has 1 heterocycles. The van der Waals surface area contributed by atoms with E-state index in [9.17, 15) is 4.79 Å². The van der Waals surface area contributed by atoms with Gasteiger partial charge in [0, 0.05) is 0 Å². The van der Waals surface area contributed by atoms with Crippen molar-refractivity contribution in [1.29, 1.82) is 0 Å². The maximum Gasteiger partial charge on any atom is 0.305 e. The van der Waals surface area contributed by atoms with Crippen LogP contribution in [0.1, 0.15) is 6.92 Å². The van der Waals surface area contributed by atoms with Crippen LogP contribution in [-0.4, -0.2) is 4.98 Å². The summed E-state index contributed by atoms with van der Waals surface area (Å²) in [6, 6.07) is 0. The fourth-order valence-corrected chi connectivity index (χ4v) is 1.27. The molecule has 1 aromatic rings. The Bertz CT molecular complexity index is 346. The highest BCUT2D eigenvalue weighted by Gasteiger charge is 1.85. The molecule has 0 aliphatic carbocycles. The number of rotatable bonds is 0. The van der Waals surface area contributed by atoms with Crippen molar-refractivity contribution in [1.82, 2.24) is 4.98 Å². The van der Waals surface area contributed by atoms with Crippen LogP contribution in [0.2, 0.25) is 0 Å². The molecular formula is C6H7NOS. The summed E-state index contributed by atoms with van der Waals surface area (Å²) in [7, 11) is 0. The second kappa shape index (κ2) is 2.19. The number of aromatic nitrogens is 1. The highest BCUT2D eigenvalue weighted by atomic mass is 32.1. The number of aromatic amines is 1. The minimum Gasteiger partial charge on any atom is -0.313 e. The number of hydrogen-bond acceptors (Lipinski definition) is 2. The van der Waals surface area contributed by atoms with Gasteiger partial charge in [0.2, 0.25) is 0 Å². The molecule has 1 rings (SSSR count). The van der Waals surface area contributed by atoms with Gasteiger partial charge < -0.3 is 4.98 Å². The number of hydrogen-bond donors (Lipinski definition) is 1. The average Bonchev–Trinajstić information content (AvgIpc) is 2.10. The maximum atomic E-state index is 10.6. The largest absolute Gasteiger partial charge is 0.313 e. The molecule has 0 aliphatic heterocycles. The highest BCUT2D eigenvalue weighted by molar-refractivity contribution is 7.06. The highest BCUT2D eigenvalue weighted by Crippen LogP contribution is 1.63. The van der Waals surface area contributed by atoms with Gasteiger partial charge in [-0.2, -0.15) is 0 Å². The van der Waals surface area contributed by atoms with E-state index in [4.69, 9.17) is 0 Å². The predicted octanol–water partition coefficient (Wildman–Crippen LogP) is -0.353. The van der Waals surface area contributed by atoms with Gasteiger partial charge in [-0.3, -0.25) is 4.79 Å². The minimum atomic E-state index is -0.0342. The van der Waals surface area contributed by atoms with Gasteiger partial charge in [-0.15, -0.1) is 0 Å². The van der Waals surface area contributed by atoms with E-state index in [0.717, 1.165) is 4.53 Å². The quantitative estimate of drug-likeness (QED) is 0.526. The van der Waals surface area contributed by atoms with Crippen LogP contribution in [0.25, 0.3) is 12.7 Å². The lowest BCUT2D eigenvalue weighted by molar-refractivity contribution is 1.27. The van der Waals surface area contributed by atoms with E-state index in [0.29, 0.717) is 5.35 Å². The van der Waals surface area contributed by atoms with Crippen LogP contribution in [0.5, 0.6) is 0 Å². The number of thiazole rings is 1. The monoisotopic (exact) mass is 141 g/mol. The van der Waals surface area contributed by atoms with Crippen LogP contribution in [0.4, 0.5) is 0 Å². The first kappa shape index (κ1) is 6.29. The lowest BCUT2D eigenvalue weighted by Crippen LogP contribution is -2.18. The summed E-state index contributed by atoms with van der Waals surface area (Å²) in [5, 5.41) is 0.715. The van der Waals surface area contributed by atoms with Crippen LogP contribution in [0.3, 0.4) is 0 Å². The van der Waals surface area contributed by atoms with Crippen LogP contribution in [0.15, 0.2) is 4.79 Å². The zero-order chi connectivity index (χ0) is 6.85. The number of nitrogens with one attached hydrogen (secondary N) is 1. The maximum absolute atomic E-state index is 10.6. The van der Waals surface area contributed by atoms with Crippen molar-refractivity contribution >= 4 is 24.0 Å². The SMILES string of the molecule is C=c1[nH]c(=O)s/c1=C\C. The van der Waals surface area contributed by atoms with Crippen LogP contribution >= 0.6 is 11.3 Å². The fraction of sp³-hybridized carbons (Fsp3) is 0.167. The van der Waals surface area contributed by atoms with Gasteiger partial charge in [0.25, 0.3) is 0 Å². The zero-order valence-corrected chi connectivity index (χ0v) is 5.92. The fourth-order valence-electron chi connectivity index (χ4n) is 0.605. The second-order valence-corrected chi connectivity index (χ2v) is 2.66. The van der Waals surface area contributed by atoms with Gasteiger partial charge in [-0.25, -0.2) is 0 Å². The van der Waals surface area contributed by atoms with Crippen LogP contribution in [-0.2, 0) is 0 Å². The molecule has 0 radical (unpaired) electrons. The van der Waals surface area contributed by atoms with Crippen molar-refractivity contribution in [3.8, 4) is 0 Å². The molecular weight excluding hydrogens is 134 g/mol. The van der Waals surface area contributed by atoms with Crippen LogP contribution in [0, 0.1) is 0 Å². The number of H-pyrrole nitrogens is 1. The van der Waals surface area contributed by atoms with E-state index in [1.54, 1.807) is 0 Å². The van der Waals surface area contributed by atoms with E-state index in [2.05, 4.69) is 11.6 Å². The van der Waals surface area contributed by atoms with Gasteiger partial charge in [-0.1, -0.05) is 24.0 Å². The van der Waals surface area contributed by atoms with Crippen molar-refractivity contribution in [2.75, 3.05) is 0 Å². The van der Waals surface area contributed by atoms with Gasteiger partial charge >= 0.3 is 4.87 Å². The normalized spacial score (nSPS) is 12.3. The smallest absolute Gasteiger partial charge is 0.305 e. The molecule has 0 fully saturated rings. The summed E-state index contributed by atoms with van der Waals surface area (Å²) in [6.07, 6.45) is 1.87. The van der Waals surface area contributed by atoms with Gasteiger partial charge in [0.15, 0.2) is 0 Å². The van der Waals surface area contributed by atoms with Crippen molar-refractivity contribution in [2.45, 2.75) is 6.92 Å². The molecule has 0 unspecified atom stereocenters. The summed E-state index contributed by atoms with van der Waals surface area (Å²) in [6.45, 7) is 5.52. The Kier molecular flexibility index (Phi) is 1.53. The van der Waals surface area contributed by atoms with Gasteiger partial charge in [0.05, 0.1) is 9.88 Å². The van der Waals surface area contributed by atoms with E-state index in [-0.39, 0.29) is 4.87 Å². The lowest BCUT2D eigenvalue weighted by atomic mass is 10.6. The third-order valence-corrected chi connectivity index (χ3v) is 2.00. The van der Waals surface area contributed by atoms with E-state index < -0.39 is 0 Å².